The van der Waals surface area contributed by atoms with Gasteiger partial charge in [0.15, 0.2) is 40.6 Å². The van der Waals surface area contributed by atoms with Gasteiger partial charge in [0.2, 0.25) is 0 Å². The van der Waals surface area contributed by atoms with Crippen LogP contribution in [0.5, 0.6) is 34.5 Å². The molecule has 0 aliphatic carbocycles. The van der Waals surface area contributed by atoms with Crippen molar-refractivity contribution in [2.45, 2.75) is 13.0 Å². The van der Waals surface area contributed by atoms with E-state index in [1.54, 1.807) is 0 Å². The summed E-state index contributed by atoms with van der Waals surface area (Å²) in [5.41, 5.74) is -0.668. The van der Waals surface area contributed by atoms with Crippen LogP contribution in [-0.2, 0) is 19.0 Å². The first-order valence-corrected chi connectivity index (χ1v) is 9.11. The highest BCUT2D eigenvalue weighted by Gasteiger charge is 2.23. The summed E-state index contributed by atoms with van der Waals surface area (Å²) in [6.07, 6.45) is -1.32. The Morgan fingerprint density at radius 3 is 1.39 bits per heavy atom. The van der Waals surface area contributed by atoms with Crippen LogP contribution in [0.3, 0.4) is 0 Å². The van der Waals surface area contributed by atoms with Crippen molar-refractivity contribution in [3.05, 3.63) is 47.5 Å². The number of carbonyl (C=O) groups is 3. The summed E-state index contributed by atoms with van der Waals surface area (Å²) in [5, 5.41) is 56.6. The average Bonchev–Trinajstić information content (AvgIpc) is 2.76. The predicted molar refractivity (Wildman–Crippen MR) is 108 cm³/mol. The van der Waals surface area contributed by atoms with Gasteiger partial charge in [0.05, 0.1) is 11.1 Å². The summed E-state index contributed by atoms with van der Waals surface area (Å²) >= 11 is 0. The Hall–Kier alpha value is -4.61. The number of rotatable bonds is 8. The van der Waals surface area contributed by atoms with Crippen molar-refractivity contribution in [2.75, 3.05) is 13.2 Å². The molecule has 6 N–H and O–H groups in total. The number of hydrogen-bond acceptors (Lipinski definition) is 12. The maximum absolute atomic E-state index is 12.2. The molecule has 0 saturated carbocycles. The minimum Gasteiger partial charge on any atom is -0.504 e. The van der Waals surface area contributed by atoms with Crippen molar-refractivity contribution in [1.29, 1.82) is 0 Å². The van der Waals surface area contributed by atoms with Gasteiger partial charge < -0.3 is 44.8 Å². The molecule has 0 amide bonds. The molecular formula is C21H20O12. The fraction of sp³-hybridized carbons (Fsp3) is 0.190. The van der Waals surface area contributed by atoms with Crippen LogP contribution in [0.15, 0.2) is 36.4 Å². The second kappa shape index (κ2) is 10.1. The smallest absolute Gasteiger partial charge is 0.338 e. The summed E-state index contributed by atoms with van der Waals surface area (Å²) < 4.78 is 15.0. The third kappa shape index (κ3) is 6.19. The van der Waals surface area contributed by atoms with Crippen LogP contribution in [0.25, 0.3) is 0 Å². The van der Waals surface area contributed by atoms with Gasteiger partial charge in [-0.2, -0.15) is 0 Å². The van der Waals surface area contributed by atoms with E-state index in [9.17, 15) is 45.0 Å². The lowest BCUT2D eigenvalue weighted by Crippen LogP contribution is -2.31. The summed E-state index contributed by atoms with van der Waals surface area (Å²) in [6.45, 7) is 3.50. The minimum atomic E-state index is -1.32. The third-order valence-electron chi connectivity index (χ3n) is 4.03. The zero-order valence-electron chi connectivity index (χ0n) is 17.1. The second-order valence-electron chi connectivity index (χ2n) is 6.73. The number of aromatic hydroxyl groups is 6. The van der Waals surface area contributed by atoms with Gasteiger partial charge in [-0.05, 0) is 31.2 Å². The molecule has 2 aromatic carbocycles. The lowest BCUT2D eigenvalue weighted by Gasteiger charge is -2.18. The quantitative estimate of drug-likeness (QED) is 0.142. The standard InChI is InChI=1S/C21H20O12/c1-9(2)19(28)33-12(7-31-20(29)10-3-13(22)17(26)14(23)4-10)8-32-21(30)11-5-15(24)18(27)16(25)6-11/h3-6,12,22-27H,1,7-8H2,2H3. The van der Waals surface area contributed by atoms with Gasteiger partial charge in [-0.15, -0.1) is 0 Å². The molecule has 0 bridgehead atoms. The van der Waals surface area contributed by atoms with Crippen LogP contribution in [0.2, 0.25) is 0 Å². The molecule has 0 atom stereocenters. The maximum Gasteiger partial charge on any atom is 0.338 e. The maximum atomic E-state index is 12.2. The first-order chi connectivity index (χ1) is 15.4. The number of hydrogen-bond donors (Lipinski definition) is 6. The molecule has 0 aliphatic heterocycles. The summed E-state index contributed by atoms with van der Waals surface area (Å²) in [5.74, 6) is -7.80. The van der Waals surface area contributed by atoms with E-state index in [0.29, 0.717) is 0 Å². The van der Waals surface area contributed by atoms with Gasteiger partial charge >= 0.3 is 17.9 Å². The van der Waals surface area contributed by atoms with Gasteiger partial charge in [-0.1, -0.05) is 6.58 Å². The average molecular weight is 464 g/mol. The highest BCUT2D eigenvalue weighted by atomic mass is 16.6. The Bertz CT molecular complexity index is 985. The molecule has 33 heavy (non-hydrogen) atoms. The Morgan fingerprint density at radius 2 is 1.09 bits per heavy atom. The van der Waals surface area contributed by atoms with E-state index in [4.69, 9.17) is 14.2 Å². The van der Waals surface area contributed by atoms with E-state index < -0.39 is 71.7 Å². The number of ether oxygens (including phenoxy) is 3. The van der Waals surface area contributed by atoms with Crippen molar-refractivity contribution in [2.24, 2.45) is 0 Å². The fourth-order valence-corrected chi connectivity index (χ4v) is 2.32. The van der Waals surface area contributed by atoms with Gasteiger partial charge in [0.25, 0.3) is 0 Å². The molecule has 12 heteroatoms. The highest BCUT2D eigenvalue weighted by Crippen LogP contribution is 2.36. The van der Waals surface area contributed by atoms with E-state index in [0.717, 1.165) is 24.3 Å². The molecule has 0 unspecified atom stereocenters. The predicted octanol–water partition coefficient (Wildman–Crippen LogP) is 1.42. The molecule has 0 heterocycles. The molecule has 0 aliphatic rings. The topological polar surface area (TPSA) is 200 Å². The monoisotopic (exact) mass is 464 g/mol. The second-order valence-corrected chi connectivity index (χ2v) is 6.73. The molecule has 176 valence electrons. The number of benzene rings is 2. The van der Waals surface area contributed by atoms with E-state index in [2.05, 4.69) is 6.58 Å². The SMILES string of the molecule is C=C(C)C(=O)OC(COC(=O)c1cc(O)c(O)c(O)c1)COC(=O)c1cc(O)c(O)c(O)c1. The Balaban J connectivity index is 2.09. The highest BCUT2D eigenvalue weighted by molar-refractivity contribution is 5.92. The van der Waals surface area contributed by atoms with Crippen molar-refractivity contribution in [3.8, 4) is 34.5 Å². The van der Waals surface area contributed by atoms with Crippen LogP contribution < -0.4 is 0 Å². The molecule has 0 spiro atoms. The van der Waals surface area contributed by atoms with Crippen molar-refractivity contribution < 1.29 is 59.2 Å². The van der Waals surface area contributed by atoms with Crippen molar-refractivity contribution >= 4 is 17.9 Å². The van der Waals surface area contributed by atoms with E-state index in [1.165, 1.54) is 6.92 Å². The number of phenols is 6. The lowest BCUT2D eigenvalue weighted by atomic mass is 10.2. The van der Waals surface area contributed by atoms with Gasteiger partial charge in [0.1, 0.15) is 13.2 Å². The zero-order chi connectivity index (χ0) is 24.9. The van der Waals surface area contributed by atoms with Gasteiger partial charge in [-0.3, -0.25) is 0 Å². The fourth-order valence-electron chi connectivity index (χ4n) is 2.32. The Kier molecular flexibility index (Phi) is 7.57. The molecule has 0 aromatic heterocycles. The van der Waals surface area contributed by atoms with Crippen LogP contribution in [0, 0.1) is 0 Å². The summed E-state index contributed by atoms with van der Waals surface area (Å²) in [7, 11) is 0. The van der Waals surface area contributed by atoms with Gasteiger partial charge in [-0.25, -0.2) is 14.4 Å². The minimum absolute atomic E-state index is 0.000545. The molecule has 12 nitrogen and oxygen atoms in total. The van der Waals surface area contributed by atoms with Crippen molar-refractivity contribution in [1.82, 2.24) is 0 Å². The summed E-state index contributed by atoms with van der Waals surface area (Å²) in [6, 6.07) is 3.32. The lowest BCUT2D eigenvalue weighted by molar-refractivity contribution is -0.148. The Morgan fingerprint density at radius 1 is 0.758 bits per heavy atom. The Labute approximate surface area is 186 Å². The van der Waals surface area contributed by atoms with Crippen molar-refractivity contribution in [3.63, 3.8) is 0 Å². The molecular weight excluding hydrogens is 444 g/mol. The number of esters is 3. The largest absolute Gasteiger partial charge is 0.504 e. The van der Waals surface area contributed by atoms with E-state index >= 15 is 0 Å². The molecule has 0 radical (unpaired) electrons. The van der Waals surface area contributed by atoms with Crippen LogP contribution in [-0.4, -0.2) is 67.9 Å². The molecule has 0 fully saturated rings. The molecule has 2 rings (SSSR count). The number of phenolic OH excluding ortho intramolecular Hbond substituents is 6. The van der Waals surface area contributed by atoms with E-state index in [1.807, 2.05) is 0 Å². The molecule has 2 aromatic rings. The van der Waals surface area contributed by atoms with Crippen LogP contribution in [0.1, 0.15) is 27.6 Å². The molecule has 0 saturated heterocycles. The van der Waals surface area contributed by atoms with Gasteiger partial charge in [0, 0.05) is 5.57 Å². The van der Waals surface area contributed by atoms with Crippen LogP contribution in [0.4, 0.5) is 0 Å². The van der Waals surface area contributed by atoms with Crippen LogP contribution >= 0.6 is 0 Å². The number of carbonyl (C=O) groups excluding carboxylic acids is 3. The third-order valence-corrected chi connectivity index (χ3v) is 4.03. The first-order valence-electron chi connectivity index (χ1n) is 9.11. The van der Waals surface area contributed by atoms with E-state index in [-0.39, 0.29) is 16.7 Å². The normalized spacial score (nSPS) is 10.5. The zero-order valence-corrected chi connectivity index (χ0v) is 17.1. The summed E-state index contributed by atoms with van der Waals surface area (Å²) in [4.78, 5) is 36.2. The first kappa shape index (κ1) is 24.7.